The van der Waals surface area contributed by atoms with Gasteiger partial charge in [-0.1, -0.05) is 19.1 Å². The summed E-state index contributed by atoms with van der Waals surface area (Å²) in [5.74, 6) is 0.531. The molecule has 0 unspecified atom stereocenters. The lowest BCUT2D eigenvalue weighted by molar-refractivity contribution is -0.116. The van der Waals surface area contributed by atoms with E-state index in [0.717, 1.165) is 9.87 Å². The number of sulfonamides is 1. The van der Waals surface area contributed by atoms with E-state index >= 15 is 0 Å². The fourth-order valence-corrected chi connectivity index (χ4v) is 4.47. The molecule has 0 aliphatic carbocycles. The molecule has 0 bridgehead atoms. The van der Waals surface area contributed by atoms with Crippen molar-refractivity contribution in [2.45, 2.75) is 25.7 Å². The number of aryl methyl sites for hydroxylation is 2. The number of hydrogen-bond donors (Lipinski definition) is 1. The summed E-state index contributed by atoms with van der Waals surface area (Å²) in [5.41, 5.74) is 1.89. The Labute approximate surface area is 166 Å². The molecule has 2 aromatic rings. The molecular weight excluding hydrogens is 380 g/mol. The highest BCUT2D eigenvalue weighted by atomic mass is 32.2. The molecule has 0 atom stereocenters. The van der Waals surface area contributed by atoms with Crippen LogP contribution in [0.1, 0.15) is 18.1 Å². The number of methoxy groups -OCH3 is 2. The second-order valence-corrected chi connectivity index (χ2v) is 8.22. The molecule has 1 amide bonds. The smallest absolute Gasteiger partial charge is 0.243 e. The van der Waals surface area contributed by atoms with Gasteiger partial charge in [0.2, 0.25) is 15.9 Å². The highest BCUT2D eigenvalue weighted by molar-refractivity contribution is 7.89. The molecule has 0 aliphatic rings. The summed E-state index contributed by atoms with van der Waals surface area (Å²) in [7, 11) is -0.800. The Hall–Kier alpha value is -2.58. The number of hydrogen-bond acceptors (Lipinski definition) is 5. The fourth-order valence-electron chi connectivity index (χ4n) is 2.75. The molecule has 1 N–H and O–H groups in total. The Morgan fingerprint density at radius 1 is 1.07 bits per heavy atom. The van der Waals surface area contributed by atoms with Crippen molar-refractivity contribution in [3.05, 3.63) is 47.5 Å². The molecule has 0 heterocycles. The van der Waals surface area contributed by atoms with Crippen LogP contribution in [0, 0.1) is 13.8 Å². The molecule has 2 rings (SSSR count). The van der Waals surface area contributed by atoms with Crippen molar-refractivity contribution >= 4 is 21.6 Å². The summed E-state index contributed by atoms with van der Waals surface area (Å²) >= 11 is 0. The van der Waals surface area contributed by atoms with Gasteiger partial charge in [0.1, 0.15) is 11.5 Å². The minimum Gasteiger partial charge on any atom is -0.497 e. The van der Waals surface area contributed by atoms with Crippen LogP contribution >= 0.6 is 0 Å². The number of amides is 1. The van der Waals surface area contributed by atoms with Gasteiger partial charge < -0.3 is 14.8 Å². The van der Waals surface area contributed by atoms with Gasteiger partial charge in [0.15, 0.2) is 0 Å². The Bertz CT molecular complexity index is 957. The molecule has 0 aromatic heterocycles. The van der Waals surface area contributed by atoms with Crippen LogP contribution < -0.4 is 14.8 Å². The van der Waals surface area contributed by atoms with E-state index in [-0.39, 0.29) is 18.0 Å². The molecule has 0 aliphatic heterocycles. The van der Waals surface area contributed by atoms with Crippen LogP contribution in [0.4, 0.5) is 5.69 Å². The average Bonchev–Trinajstić information content (AvgIpc) is 2.67. The summed E-state index contributed by atoms with van der Waals surface area (Å²) in [6, 6.07) is 10.2. The lowest BCUT2D eigenvalue weighted by Crippen LogP contribution is -2.38. The van der Waals surface area contributed by atoms with Crippen LogP contribution in [0.2, 0.25) is 0 Å². The Balaban J connectivity index is 2.25. The molecule has 0 saturated heterocycles. The number of benzene rings is 2. The molecule has 8 heteroatoms. The number of likely N-dealkylation sites (N-methyl/N-ethyl adjacent to an activating group) is 1. The molecular formula is C20H26N2O5S. The number of rotatable bonds is 8. The highest BCUT2D eigenvalue weighted by Gasteiger charge is 2.27. The van der Waals surface area contributed by atoms with Crippen molar-refractivity contribution < 1.29 is 22.7 Å². The third-order valence-electron chi connectivity index (χ3n) is 4.31. The van der Waals surface area contributed by atoms with Crippen LogP contribution in [0.25, 0.3) is 0 Å². The van der Waals surface area contributed by atoms with Gasteiger partial charge in [0, 0.05) is 12.6 Å². The van der Waals surface area contributed by atoms with Gasteiger partial charge in [0.05, 0.1) is 31.3 Å². The van der Waals surface area contributed by atoms with E-state index in [2.05, 4.69) is 5.32 Å². The topological polar surface area (TPSA) is 84.9 Å². The zero-order valence-corrected chi connectivity index (χ0v) is 17.6. The maximum absolute atomic E-state index is 13.0. The van der Waals surface area contributed by atoms with Crippen molar-refractivity contribution in [2.75, 3.05) is 32.6 Å². The maximum Gasteiger partial charge on any atom is 0.243 e. The molecule has 2 aromatic carbocycles. The number of anilines is 1. The number of carbonyl (C=O) groups excluding carboxylic acids is 1. The summed E-state index contributed by atoms with van der Waals surface area (Å²) in [6.45, 7) is 5.12. The number of ether oxygens (including phenoxy) is 2. The van der Waals surface area contributed by atoms with E-state index in [1.807, 2.05) is 13.0 Å². The summed E-state index contributed by atoms with van der Waals surface area (Å²) in [5, 5.41) is 2.70. The molecule has 0 fully saturated rings. The highest BCUT2D eigenvalue weighted by Crippen LogP contribution is 2.29. The Morgan fingerprint density at radius 3 is 2.39 bits per heavy atom. The van der Waals surface area contributed by atoms with Crippen molar-refractivity contribution in [3.63, 3.8) is 0 Å². The zero-order chi connectivity index (χ0) is 20.9. The van der Waals surface area contributed by atoms with Gasteiger partial charge in [0.25, 0.3) is 0 Å². The van der Waals surface area contributed by atoms with Gasteiger partial charge in [-0.2, -0.15) is 4.31 Å². The van der Waals surface area contributed by atoms with Crippen molar-refractivity contribution in [1.29, 1.82) is 0 Å². The van der Waals surface area contributed by atoms with E-state index in [1.165, 1.54) is 14.2 Å². The van der Waals surface area contributed by atoms with Gasteiger partial charge in [-0.3, -0.25) is 4.79 Å². The second-order valence-electron chi connectivity index (χ2n) is 6.31. The van der Waals surface area contributed by atoms with Crippen LogP contribution in [0.15, 0.2) is 41.3 Å². The van der Waals surface area contributed by atoms with E-state index < -0.39 is 15.9 Å². The SMILES string of the molecule is CCN(CC(=O)Nc1cc(OC)ccc1OC)S(=O)(=O)c1cc(C)ccc1C. The Morgan fingerprint density at radius 2 is 1.79 bits per heavy atom. The molecule has 0 saturated carbocycles. The normalized spacial score (nSPS) is 11.4. The van der Waals surface area contributed by atoms with Crippen LogP contribution in [0.5, 0.6) is 11.5 Å². The first-order chi connectivity index (χ1) is 13.2. The summed E-state index contributed by atoms with van der Waals surface area (Å²) < 4.78 is 37.6. The molecule has 28 heavy (non-hydrogen) atoms. The molecule has 0 spiro atoms. The van der Waals surface area contributed by atoms with Gasteiger partial charge in [-0.15, -0.1) is 0 Å². The quantitative estimate of drug-likeness (QED) is 0.729. The van der Waals surface area contributed by atoms with Gasteiger partial charge >= 0.3 is 0 Å². The molecule has 0 radical (unpaired) electrons. The van der Waals surface area contributed by atoms with Gasteiger partial charge in [-0.05, 0) is 43.2 Å². The monoisotopic (exact) mass is 406 g/mol. The van der Waals surface area contributed by atoms with Crippen molar-refractivity contribution in [1.82, 2.24) is 4.31 Å². The lowest BCUT2D eigenvalue weighted by atomic mass is 10.2. The van der Waals surface area contributed by atoms with Crippen molar-refractivity contribution in [3.8, 4) is 11.5 Å². The second kappa shape index (κ2) is 9.07. The van der Waals surface area contributed by atoms with Crippen molar-refractivity contribution in [2.24, 2.45) is 0 Å². The van der Waals surface area contributed by atoms with E-state index in [9.17, 15) is 13.2 Å². The van der Waals surface area contributed by atoms with Crippen LogP contribution in [-0.4, -0.2) is 45.9 Å². The minimum absolute atomic E-state index is 0.165. The molecule has 7 nitrogen and oxygen atoms in total. The zero-order valence-electron chi connectivity index (χ0n) is 16.8. The predicted molar refractivity (Wildman–Crippen MR) is 109 cm³/mol. The van der Waals surface area contributed by atoms with Crippen LogP contribution in [0.3, 0.4) is 0 Å². The molecule has 152 valence electrons. The Kier molecular flexibility index (Phi) is 7.04. The van der Waals surface area contributed by atoms with Gasteiger partial charge in [-0.25, -0.2) is 8.42 Å². The first-order valence-electron chi connectivity index (χ1n) is 8.82. The third-order valence-corrected chi connectivity index (χ3v) is 6.38. The number of nitrogens with zero attached hydrogens (tertiary/aromatic N) is 1. The van der Waals surface area contributed by atoms with E-state index in [4.69, 9.17) is 9.47 Å². The average molecular weight is 407 g/mol. The third kappa shape index (κ3) is 4.82. The maximum atomic E-state index is 13.0. The number of carbonyl (C=O) groups is 1. The fraction of sp³-hybridized carbons (Fsp3) is 0.350. The lowest BCUT2D eigenvalue weighted by Gasteiger charge is -2.22. The number of nitrogens with one attached hydrogen (secondary N) is 1. The summed E-state index contributed by atoms with van der Waals surface area (Å²) in [6.07, 6.45) is 0. The summed E-state index contributed by atoms with van der Waals surface area (Å²) in [4.78, 5) is 12.8. The first-order valence-corrected chi connectivity index (χ1v) is 10.3. The predicted octanol–water partition coefficient (Wildman–Crippen LogP) is 2.97. The minimum atomic E-state index is -3.80. The van der Waals surface area contributed by atoms with E-state index in [0.29, 0.717) is 22.7 Å². The first kappa shape index (κ1) is 21.7. The largest absolute Gasteiger partial charge is 0.497 e. The van der Waals surface area contributed by atoms with Crippen LogP contribution in [-0.2, 0) is 14.8 Å². The standard InChI is InChI=1S/C20H26N2O5S/c1-6-22(28(24,25)19-11-14(2)7-8-15(19)3)13-20(23)21-17-12-16(26-4)9-10-18(17)27-5/h7-12H,6,13H2,1-5H3,(H,21,23). The van der Waals surface area contributed by atoms with E-state index in [1.54, 1.807) is 44.2 Å².